The van der Waals surface area contributed by atoms with E-state index in [-0.39, 0.29) is 31.8 Å². The Labute approximate surface area is 81.8 Å². The first-order chi connectivity index (χ1) is 6.56. The molecule has 0 unspecified atom stereocenters. The van der Waals surface area contributed by atoms with Crippen LogP contribution in [0.1, 0.15) is 19.8 Å². The highest BCUT2D eigenvalue weighted by Crippen LogP contribution is 1.89. The van der Waals surface area contributed by atoms with Crippen LogP contribution in [0.5, 0.6) is 0 Å². The molecule has 0 bridgehead atoms. The van der Waals surface area contributed by atoms with Gasteiger partial charge in [-0.1, -0.05) is 0 Å². The fourth-order valence-corrected chi connectivity index (χ4v) is 0.687. The maximum atomic E-state index is 10.9. The van der Waals surface area contributed by atoms with Crippen molar-refractivity contribution in [2.24, 2.45) is 5.73 Å². The Bertz CT molecular complexity index is 227. The highest BCUT2D eigenvalue weighted by molar-refractivity contribution is 5.85. The maximum Gasteiger partial charge on any atom is 0.315 e. The van der Waals surface area contributed by atoms with Gasteiger partial charge >= 0.3 is 11.9 Å². The molecule has 0 aliphatic rings. The topological polar surface area (TPSA) is 98.5 Å². The zero-order chi connectivity index (χ0) is 11.0. The quantitative estimate of drug-likeness (QED) is 0.437. The lowest BCUT2D eigenvalue weighted by Crippen LogP contribution is -2.25. The van der Waals surface area contributed by atoms with Crippen molar-refractivity contribution in [1.29, 1.82) is 0 Å². The minimum atomic E-state index is -0.655. The Kier molecular flexibility index (Phi) is 6.30. The second kappa shape index (κ2) is 7.02. The molecule has 0 aromatic carbocycles. The molecule has 0 aromatic rings. The van der Waals surface area contributed by atoms with Gasteiger partial charge in [0.25, 0.3) is 0 Å². The van der Waals surface area contributed by atoms with Crippen molar-refractivity contribution < 1.29 is 19.1 Å². The summed E-state index contributed by atoms with van der Waals surface area (Å²) >= 11 is 0. The third-order valence-corrected chi connectivity index (χ3v) is 1.28. The summed E-state index contributed by atoms with van der Waals surface area (Å²) in [6.07, 6.45) is 0.00175. The fraction of sp³-hybridized carbons (Fsp3) is 0.625. The minimum absolute atomic E-state index is 0.0180. The van der Waals surface area contributed by atoms with Crippen molar-refractivity contribution in [2.45, 2.75) is 19.8 Å². The number of hydrogen-bond donors (Lipinski definition) is 2. The molecular weight excluding hydrogens is 188 g/mol. The van der Waals surface area contributed by atoms with E-state index >= 15 is 0 Å². The van der Waals surface area contributed by atoms with E-state index in [9.17, 15) is 14.4 Å². The molecule has 0 aliphatic heterocycles. The molecule has 0 fully saturated rings. The Balaban J connectivity index is 3.55. The van der Waals surface area contributed by atoms with E-state index in [0.29, 0.717) is 0 Å². The Morgan fingerprint density at radius 3 is 2.29 bits per heavy atom. The molecule has 6 heteroatoms. The van der Waals surface area contributed by atoms with Crippen LogP contribution in [0.3, 0.4) is 0 Å². The normalized spacial score (nSPS) is 9.29. The summed E-state index contributed by atoms with van der Waals surface area (Å²) in [5.74, 6) is -1.52. The molecule has 14 heavy (non-hydrogen) atoms. The van der Waals surface area contributed by atoms with E-state index in [0.717, 1.165) is 0 Å². The standard InChI is InChI=1S/C8H14N2O4/c1-6(11)10-5-3-8(13)14-7(12)2-4-9/h2-5,9H2,1H3,(H,10,11). The SMILES string of the molecule is CC(=O)NCCC(=O)OC(=O)CCN. The number of nitrogens with one attached hydrogen (secondary N) is 1. The molecule has 0 atom stereocenters. The second-order valence-corrected chi connectivity index (χ2v) is 2.62. The first-order valence-corrected chi connectivity index (χ1v) is 4.24. The van der Waals surface area contributed by atoms with Gasteiger partial charge < -0.3 is 15.8 Å². The number of carbonyl (C=O) groups excluding carboxylic acids is 3. The predicted octanol–water partition coefficient (Wildman–Crippen LogP) is -1.07. The Morgan fingerprint density at radius 1 is 1.21 bits per heavy atom. The molecular formula is C8H14N2O4. The molecule has 0 radical (unpaired) electrons. The molecule has 0 saturated heterocycles. The van der Waals surface area contributed by atoms with Crippen LogP contribution in [0.15, 0.2) is 0 Å². The maximum absolute atomic E-state index is 10.9. The monoisotopic (exact) mass is 202 g/mol. The highest BCUT2D eigenvalue weighted by atomic mass is 16.6. The van der Waals surface area contributed by atoms with Crippen LogP contribution in [-0.4, -0.2) is 30.9 Å². The number of esters is 2. The van der Waals surface area contributed by atoms with Gasteiger partial charge in [0.05, 0.1) is 12.8 Å². The molecule has 80 valence electrons. The smallest absolute Gasteiger partial charge is 0.315 e. The van der Waals surface area contributed by atoms with Gasteiger partial charge in [-0.25, -0.2) is 0 Å². The van der Waals surface area contributed by atoms with Crippen LogP contribution in [0.4, 0.5) is 0 Å². The van der Waals surface area contributed by atoms with E-state index in [2.05, 4.69) is 10.1 Å². The molecule has 0 aliphatic carbocycles. The molecule has 0 aromatic heterocycles. The summed E-state index contributed by atoms with van der Waals surface area (Å²) in [5, 5.41) is 2.41. The van der Waals surface area contributed by atoms with Crippen molar-refractivity contribution in [3.63, 3.8) is 0 Å². The van der Waals surface area contributed by atoms with Crippen molar-refractivity contribution >= 4 is 17.8 Å². The van der Waals surface area contributed by atoms with Gasteiger partial charge in [0.1, 0.15) is 0 Å². The largest absolute Gasteiger partial charge is 0.393 e. The zero-order valence-electron chi connectivity index (χ0n) is 8.04. The molecule has 3 N–H and O–H groups in total. The molecule has 0 rings (SSSR count). The molecule has 0 heterocycles. The summed E-state index contributed by atoms with van der Waals surface area (Å²) < 4.78 is 4.36. The molecule has 1 amide bonds. The average molecular weight is 202 g/mol. The van der Waals surface area contributed by atoms with E-state index in [1.165, 1.54) is 6.92 Å². The number of hydrogen-bond acceptors (Lipinski definition) is 5. The van der Waals surface area contributed by atoms with Gasteiger partial charge in [-0.05, 0) is 0 Å². The first-order valence-electron chi connectivity index (χ1n) is 4.24. The van der Waals surface area contributed by atoms with E-state index in [4.69, 9.17) is 5.73 Å². The van der Waals surface area contributed by atoms with Crippen LogP contribution in [0.25, 0.3) is 0 Å². The number of nitrogens with two attached hydrogens (primary N) is 1. The van der Waals surface area contributed by atoms with Crippen molar-refractivity contribution in [3.8, 4) is 0 Å². The predicted molar refractivity (Wildman–Crippen MR) is 48.1 cm³/mol. The zero-order valence-corrected chi connectivity index (χ0v) is 8.04. The summed E-state index contributed by atoms with van der Waals surface area (Å²) in [4.78, 5) is 32.0. The van der Waals surface area contributed by atoms with E-state index < -0.39 is 11.9 Å². The van der Waals surface area contributed by atoms with Crippen LogP contribution in [-0.2, 0) is 19.1 Å². The van der Waals surface area contributed by atoms with Crippen molar-refractivity contribution in [1.82, 2.24) is 5.32 Å². The lowest BCUT2D eigenvalue weighted by atomic mass is 10.4. The summed E-state index contributed by atoms with van der Waals surface area (Å²) in [7, 11) is 0. The number of amides is 1. The molecule has 6 nitrogen and oxygen atoms in total. The fourth-order valence-electron chi connectivity index (χ4n) is 0.687. The number of ether oxygens (including phenoxy) is 1. The van der Waals surface area contributed by atoms with Gasteiger partial charge in [-0.3, -0.25) is 14.4 Å². The van der Waals surface area contributed by atoms with Gasteiger partial charge in [-0.2, -0.15) is 0 Å². The highest BCUT2D eigenvalue weighted by Gasteiger charge is 2.08. The van der Waals surface area contributed by atoms with Gasteiger partial charge in [0.2, 0.25) is 5.91 Å². The van der Waals surface area contributed by atoms with E-state index in [1.54, 1.807) is 0 Å². The number of carbonyl (C=O) groups is 3. The van der Waals surface area contributed by atoms with Crippen LogP contribution >= 0.6 is 0 Å². The Hall–Kier alpha value is -1.43. The summed E-state index contributed by atoms with van der Waals surface area (Å²) in [6, 6.07) is 0. The van der Waals surface area contributed by atoms with Gasteiger partial charge in [-0.15, -0.1) is 0 Å². The third-order valence-electron chi connectivity index (χ3n) is 1.28. The molecule has 0 spiro atoms. The Morgan fingerprint density at radius 2 is 1.79 bits per heavy atom. The van der Waals surface area contributed by atoms with Gasteiger partial charge in [0.15, 0.2) is 0 Å². The molecule has 0 saturated carbocycles. The minimum Gasteiger partial charge on any atom is -0.393 e. The van der Waals surface area contributed by atoms with E-state index in [1.807, 2.05) is 0 Å². The van der Waals surface area contributed by atoms with Crippen LogP contribution < -0.4 is 11.1 Å². The lowest BCUT2D eigenvalue weighted by molar-refractivity contribution is -0.159. The van der Waals surface area contributed by atoms with Crippen molar-refractivity contribution in [2.75, 3.05) is 13.1 Å². The second-order valence-electron chi connectivity index (χ2n) is 2.62. The van der Waals surface area contributed by atoms with Gasteiger partial charge in [0, 0.05) is 20.0 Å². The lowest BCUT2D eigenvalue weighted by Gasteiger charge is -2.02. The van der Waals surface area contributed by atoms with Crippen molar-refractivity contribution in [3.05, 3.63) is 0 Å². The average Bonchev–Trinajstić information content (AvgIpc) is 2.03. The third kappa shape index (κ3) is 7.23. The number of rotatable bonds is 5. The van der Waals surface area contributed by atoms with Crippen LogP contribution in [0, 0.1) is 0 Å². The van der Waals surface area contributed by atoms with Crippen LogP contribution in [0.2, 0.25) is 0 Å². The summed E-state index contributed by atoms with van der Waals surface area (Å²) in [6.45, 7) is 1.66. The first kappa shape index (κ1) is 12.6. The summed E-state index contributed by atoms with van der Waals surface area (Å²) in [5.41, 5.74) is 5.08.